The average molecular weight is 300 g/mol. The molecule has 1 aromatic rings. The first-order chi connectivity index (χ1) is 10.6. The summed E-state index contributed by atoms with van der Waals surface area (Å²) in [6.07, 6.45) is 9.88. The number of aliphatic carboxylic acids is 1. The van der Waals surface area contributed by atoms with Crippen LogP contribution in [0, 0.1) is 12.3 Å². The molecule has 7 heteroatoms. The van der Waals surface area contributed by atoms with Crippen LogP contribution in [-0.2, 0) is 9.59 Å². The molecule has 0 saturated heterocycles. The standard InChI is InChI=1S/C15H16N4O3/c1-2-3-7-15(18-19-15)8-6-12(20)17-13(14(21)22)11-5-4-9-16-10-11/h1,4-5,9-10,13H,3,6-8H2,(H,17,20)(H,21,22). The van der Waals surface area contributed by atoms with Crippen molar-refractivity contribution in [2.24, 2.45) is 10.2 Å². The van der Waals surface area contributed by atoms with Gasteiger partial charge in [0.05, 0.1) is 0 Å². The van der Waals surface area contributed by atoms with Gasteiger partial charge in [-0.3, -0.25) is 9.78 Å². The first-order valence-electron chi connectivity index (χ1n) is 6.86. The van der Waals surface area contributed by atoms with Crippen molar-refractivity contribution < 1.29 is 14.7 Å². The molecule has 0 saturated carbocycles. The maximum absolute atomic E-state index is 12.0. The fourth-order valence-corrected chi connectivity index (χ4v) is 2.05. The van der Waals surface area contributed by atoms with Gasteiger partial charge in [0, 0.05) is 43.6 Å². The van der Waals surface area contributed by atoms with E-state index in [0.717, 1.165) is 0 Å². The zero-order chi connectivity index (χ0) is 16.0. The summed E-state index contributed by atoms with van der Waals surface area (Å²) in [5, 5.41) is 19.6. The minimum absolute atomic E-state index is 0.140. The Morgan fingerprint density at radius 2 is 2.18 bits per heavy atom. The lowest BCUT2D eigenvalue weighted by molar-refractivity contribution is -0.142. The molecule has 1 unspecified atom stereocenters. The topological polar surface area (TPSA) is 104 Å². The molecule has 0 radical (unpaired) electrons. The van der Waals surface area contributed by atoms with Gasteiger partial charge in [-0.15, -0.1) is 12.3 Å². The number of carbonyl (C=O) groups is 2. The maximum atomic E-state index is 12.0. The molecule has 1 aromatic heterocycles. The zero-order valence-electron chi connectivity index (χ0n) is 11.9. The number of amides is 1. The second kappa shape index (κ2) is 6.80. The van der Waals surface area contributed by atoms with Crippen LogP contribution in [0.2, 0.25) is 0 Å². The van der Waals surface area contributed by atoms with Crippen molar-refractivity contribution in [1.29, 1.82) is 0 Å². The average Bonchev–Trinajstić information content (AvgIpc) is 3.30. The third-order valence-electron chi connectivity index (χ3n) is 3.38. The number of aromatic nitrogens is 1. The molecule has 1 atom stereocenters. The van der Waals surface area contributed by atoms with E-state index in [1.807, 2.05) is 0 Å². The number of hydrogen-bond donors (Lipinski definition) is 2. The van der Waals surface area contributed by atoms with Gasteiger partial charge < -0.3 is 10.4 Å². The van der Waals surface area contributed by atoms with Crippen LogP contribution in [0.4, 0.5) is 0 Å². The molecule has 0 bridgehead atoms. The molecule has 0 aliphatic carbocycles. The Morgan fingerprint density at radius 3 is 2.73 bits per heavy atom. The van der Waals surface area contributed by atoms with Crippen molar-refractivity contribution >= 4 is 11.9 Å². The van der Waals surface area contributed by atoms with Gasteiger partial charge in [-0.25, -0.2) is 4.79 Å². The number of carboxylic acid groups (broad SMARTS) is 1. The van der Waals surface area contributed by atoms with E-state index in [1.165, 1.54) is 12.4 Å². The highest BCUT2D eigenvalue weighted by atomic mass is 16.4. The van der Waals surface area contributed by atoms with Crippen molar-refractivity contribution in [3.05, 3.63) is 30.1 Å². The minimum atomic E-state index is -1.14. The van der Waals surface area contributed by atoms with Crippen LogP contribution in [0.5, 0.6) is 0 Å². The van der Waals surface area contributed by atoms with Gasteiger partial charge in [0.25, 0.3) is 0 Å². The number of terminal acetylenes is 1. The summed E-state index contributed by atoms with van der Waals surface area (Å²) in [6, 6.07) is 2.11. The fourth-order valence-electron chi connectivity index (χ4n) is 2.05. The third kappa shape index (κ3) is 4.12. The molecule has 2 N–H and O–H groups in total. The van der Waals surface area contributed by atoms with Gasteiger partial charge in [-0.1, -0.05) is 6.07 Å². The van der Waals surface area contributed by atoms with Gasteiger partial charge in [0.2, 0.25) is 5.91 Å². The van der Waals surface area contributed by atoms with Crippen molar-refractivity contribution in [3.8, 4) is 12.3 Å². The van der Waals surface area contributed by atoms with E-state index < -0.39 is 17.7 Å². The Bertz CT molecular complexity index is 615. The molecular weight excluding hydrogens is 284 g/mol. The number of pyridine rings is 1. The maximum Gasteiger partial charge on any atom is 0.330 e. The van der Waals surface area contributed by atoms with Gasteiger partial charge in [-0.05, 0) is 6.07 Å². The molecule has 0 fully saturated rings. The molecule has 0 spiro atoms. The Hall–Kier alpha value is -2.75. The number of hydrogen-bond acceptors (Lipinski definition) is 5. The first-order valence-corrected chi connectivity index (χ1v) is 6.86. The van der Waals surface area contributed by atoms with Crippen LogP contribution in [0.15, 0.2) is 34.8 Å². The van der Waals surface area contributed by atoms with E-state index in [2.05, 4.69) is 26.4 Å². The van der Waals surface area contributed by atoms with Gasteiger partial charge >= 0.3 is 5.97 Å². The lowest BCUT2D eigenvalue weighted by atomic mass is 10.0. The summed E-state index contributed by atoms with van der Waals surface area (Å²) in [5.41, 5.74) is -0.123. The molecule has 1 amide bonds. The van der Waals surface area contributed by atoms with E-state index in [9.17, 15) is 14.7 Å². The zero-order valence-corrected chi connectivity index (χ0v) is 11.9. The van der Waals surface area contributed by atoms with Gasteiger partial charge in [0.1, 0.15) is 0 Å². The highest BCUT2D eigenvalue weighted by molar-refractivity contribution is 5.84. The molecule has 0 aromatic carbocycles. The highest BCUT2D eigenvalue weighted by Crippen LogP contribution is 2.37. The van der Waals surface area contributed by atoms with Gasteiger partial charge in [0.15, 0.2) is 11.7 Å². The van der Waals surface area contributed by atoms with Crippen LogP contribution in [0.25, 0.3) is 0 Å². The van der Waals surface area contributed by atoms with Crippen LogP contribution in [0.3, 0.4) is 0 Å². The summed E-state index contributed by atoms with van der Waals surface area (Å²) in [6.45, 7) is 0. The summed E-state index contributed by atoms with van der Waals surface area (Å²) in [4.78, 5) is 27.1. The lowest BCUT2D eigenvalue weighted by Crippen LogP contribution is -2.34. The minimum Gasteiger partial charge on any atom is -0.479 e. The third-order valence-corrected chi connectivity index (χ3v) is 3.38. The van der Waals surface area contributed by atoms with Gasteiger partial charge in [-0.2, -0.15) is 10.2 Å². The Kier molecular flexibility index (Phi) is 4.84. The predicted octanol–water partition coefficient (Wildman–Crippen LogP) is 1.68. The molecule has 2 rings (SSSR count). The number of carbonyl (C=O) groups excluding carboxylic acids is 1. The van der Waals surface area contributed by atoms with Crippen molar-refractivity contribution in [1.82, 2.24) is 10.3 Å². The summed E-state index contributed by atoms with van der Waals surface area (Å²) < 4.78 is 0. The Balaban J connectivity index is 1.87. The van der Waals surface area contributed by atoms with Crippen molar-refractivity contribution in [2.75, 3.05) is 0 Å². The molecule has 22 heavy (non-hydrogen) atoms. The van der Waals surface area contributed by atoms with E-state index in [4.69, 9.17) is 6.42 Å². The summed E-state index contributed by atoms with van der Waals surface area (Å²) in [5.74, 6) is 1.01. The molecule has 114 valence electrons. The SMILES string of the molecule is C#CCCC1(CCC(=O)NC(C(=O)O)c2cccnc2)N=N1. The van der Waals surface area contributed by atoms with Crippen LogP contribution >= 0.6 is 0 Å². The normalized spacial score (nSPS) is 15.6. The van der Waals surface area contributed by atoms with E-state index in [1.54, 1.807) is 12.1 Å². The number of nitrogens with one attached hydrogen (secondary N) is 1. The number of carboxylic acids is 1. The van der Waals surface area contributed by atoms with E-state index in [-0.39, 0.29) is 12.3 Å². The Labute approximate surface area is 127 Å². The summed E-state index contributed by atoms with van der Waals surface area (Å²) in [7, 11) is 0. The van der Waals surface area contributed by atoms with E-state index >= 15 is 0 Å². The quantitative estimate of drug-likeness (QED) is 0.713. The molecule has 7 nitrogen and oxygen atoms in total. The summed E-state index contributed by atoms with van der Waals surface area (Å²) >= 11 is 0. The molecule has 1 aliphatic heterocycles. The van der Waals surface area contributed by atoms with Crippen LogP contribution in [-0.4, -0.2) is 27.6 Å². The van der Waals surface area contributed by atoms with Crippen molar-refractivity contribution in [2.45, 2.75) is 37.4 Å². The molecule has 1 aliphatic rings. The first kappa shape index (κ1) is 15.6. The van der Waals surface area contributed by atoms with Crippen LogP contribution in [0.1, 0.15) is 37.3 Å². The number of nitrogens with zero attached hydrogens (tertiary/aromatic N) is 3. The predicted molar refractivity (Wildman–Crippen MR) is 77.6 cm³/mol. The van der Waals surface area contributed by atoms with Crippen molar-refractivity contribution in [3.63, 3.8) is 0 Å². The molecular formula is C15H16N4O3. The lowest BCUT2D eigenvalue weighted by Gasteiger charge is -2.15. The highest BCUT2D eigenvalue weighted by Gasteiger charge is 2.39. The van der Waals surface area contributed by atoms with Crippen LogP contribution < -0.4 is 5.32 Å². The second-order valence-corrected chi connectivity index (χ2v) is 5.01. The smallest absolute Gasteiger partial charge is 0.330 e. The monoisotopic (exact) mass is 300 g/mol. The Morgan fingerprint density at radius 1 is 1.41 bits per heavy atom. The molecule has 2 heterocycles. The number of rotatable bonds is 8. The fraction of sp³-hybridized carbons (Fsp3) is 0.400. The second-order valence-electron chi connectivity index (χ2n) is 5.01. The van der Waals surface area contributed by atoms with E-state index in [0.29, 0.717) is 24.8 Å². The largest absolute Gasteiger partial charge is 0.479 e.